The Morgan fingerprint density at radius 2 is 1.82 bits per heavy atom. The number of nitrogens with zero attached hydrogens (tertiary/aromatic N) is 2. The Morgan fingerprint density at radius 3 is 2.41 bits per heavy atom. The second-order valence-corrected chi connectivity index (χ2v) is 19.8. The van der Waals surface area contributed by atoms with Crippen LogP contribution in [0.4, 0.5) is 0 Å². The zero-order valence-corrected chi connectivity index (χ0v) is 13.8. The first-order chi connectivity index (χ1) is 7.98. The van der Waals surface area contributed by atoms with Gasteiger partial charge in [-0.05, 0) is 0 Å². The van der Waals surface area contributed by atoms with Crippen molar-refractivity contribution >= 4 is 33.6 Å². The van der Waals surface area contributed by atoms with Crippen molar-refractivity contribution < 1.29 is 0 Å². The van der Waals surface area contributed by atoms with Crippen molar-refractivity contribution in [2.24, 2.45) is 0 Å². The molecule has 0 radical (unpaired) electrons. The van der Waals surface area contributed by atoms with Gasteiger partial charge in [0, 0.05) is 0 Å². The van der Waals surface area contributed by atoms with Gasteiger partial charge >= 0.3 is 111 Å². The summed E-state index contributed by atoms with van der Waals surface area (Å²) in [4.78, 5) is 15.7. The van der Waals surface area contributed by atoms with Crippen molar-refractivity contribution in [3.8, 4) is 11.4 Å². The third kappa shape index (κ3) is 2.99. The van der Waals surface area contributed by atoms with Crippen molar-refractivity contribution in [1.29, 1.82) is 0 Å². The van der Waals surface area contributed by atoms with Crippen LogP contribution >= 0.6 is 11.6 Å². The topological polar surface area (TPSA) is 25.8 Å². The molecule has 0 fully saturated rings. The van der Waals surface area contributed by atoms with Gasteiger partial charge in [-0.1, -0.05) is 0 Å². The maximum absolute atomic E-state index is 6.24. The molecule has 17 heavy (non-hydrogen) atoms. The summed E-state index contributed by atoms with van der Waals surface area (Å²) >= 11 is 4.06. The molecular weight excluding hydrogens is 338 g/mol. The second kappa shape index (κ2) is 4.94. The van der Waals surface area contributed by atoms with E-state index in [1.54, 1.807) is 12.4 Å². The molecule has 0 aliphatic rings. The zero-order chi connectivity index (χ0) is 12.5. The minimum atomic E-state index is -2.18. The Bertz CT molecular complexity index is 521. The van der Waals surface area contributed by atoms with E-state index in [2.05, 4.69) is 30.9 Å². The van der Waals surface area contributed by atoms with Gasteiger partial charge in [0.15, 0.2) is 0 Å². The van der Waals surface area contributed by atoms with E-state index in [4.69, 9.17) is 11.6 Å². The van der Waals surface area contributed by atoms with E-state index in [-0.39, 0.29) is 0 Å². The summed E-state index contributed by atoms with van der Waals surface area (Å²) < 4.78 is 1.30. The predicted molar refractivity (Wildman–Crippen MR) is 75.5 cm³/mol. The average molecular weight is 353 g/mol. The number of aromatic nitrogens is 2. The molecular formula is C13H15ClN2Sn. The minimum absolute atomic E-state index is 0.799. The van der Waals surface area contributed by atoms with Crippen LogP contribution in [0.3, 0.4) is 0 Å². The Labute approximate surface area is 111 Å². The number of hydrogen-bond donors (Lipinski definition) is 0. The maximum atomic E-state index is 6.24. The summed E-state index contributed by atoms with van der Waals surface area (Å²) in [6, 6.07) is 7.96. The Morgan fingerprint density at radius 1 is 1.06 bits per heavy atom. The van der Waals surface area contributed by atoms with Crippen LogP contribution in [-0.2, 0) is 0 Å². The molecule has 2 nitrogen and oxygen atoms in total. The van der Waals surface area contributed by atoms with Crippen LogP contribution in [0.5, 0.6) is 0 Å². The molecule has 0 saturated heterocycles. The van der Waals surface area contributed by atoms with Gasteiger partial charge in [-0.25, -0.2) is 0 Å². The van der Waals surface area contributed by atoms with Crippen LogP contribution in [0.25, 0.3) is 11.4 Å². The Hall–Kier alpha value is -0.611. The van der Waals surface area contributed by atoms with Crippen molar-refractivity contribution in [3.05, 3.63) is 41.7 Å². The van der Waals surface area contributed by atoms with Gasteiger partial charge in [0.2, 0.25) is 0 Å². The Balaban J connectivity index is 2.53. The van der Waals surface area contributed by atoms with Crippen molar-refractivity contribution in [2.75, 3.05) is 0 Å². The number of halogens is 1. The van der Waals surface area contributed by atoms with Crippen LogP contribution in [0.2, 0.25) is 19.8 Å². The van der Waals surface area contributed by atoms with E-state index in [1.165, 1.54) is 3.58 Å². The normalized spacial score (nSPS) is 11.5. The first-order valence-electron chi connectivity index (χ1n) is 5.56. The molecule has 2 aromatic heterocycles. The predicted octanol–water partition coefficient (Wildman–Crippen LogP) is 3.34. The van der Waals surface area contributed by atoms with Crippen LogP contribution in [0.1, 0.15) is 0 Å². The van der Waals surface area contributed by atoms with Gasteiger partial charge in [-0.3, -0.25) is 0 Å². The number of hydrogen-bond acceptors (Lipinski definition) is 2. The first kappa shape index (κ1) is 12.8. The molecule has 0 spiro atoms. The van der Waals surface area contributed by atoms with Gasteiger partial charge in [0.25, 0.3) is 0 Å². The molecule has 0 unspecified atom stereocenters. The molecule has 0 saturated carbocycles. The number of rotatable bonds is 2. The fourth-order valence-electron chi connectivity index (χ4n) is 1.67. The van der Waals surface area contributed by atoms with Crippen LogP contribution < -0.4 is 3.58 Å². The molecule has 2 aromatic rings. The first-order valence-corrected chi connectivity index (χ1v) is 15.9. The van der Waals surface area contributed by atoms with Gasteiger partial charge in [0.1, 0.15) is 0 Å². The van der Waals surface area contributed by atoms with E-state index < -0.39 is 18.4 Å². The monoisotopic (exact) mass is 354 g/mol. The molecule has 88 valence electrons. The third-order valence-electron chi connectivity index (χ3n) is 2.59. The fourth-order valence-corrected chi connectivity index (χ4v) is 7.53. The van der Waals surface area contributed by atoms with Crippen molar-refractivity contribution in [3.63, 3.8) is 0 Å². The molecule has 0 amide bonds. The van der Waals surface area contributed by atoms with E-state index in [9.17, 15) is 0 Å². The Kier molecular flexibility index (Phi) is 3.73. The molecule has 0 aliphatic heterocycles. The fraction of sp³-hybridized carbons (Fsp3) is 0.231. The van der Waals surface area contributed by atoms with Gasteiger partial charge in [-0.2, -0.15) is 0 Å². The van der Waals surface area contributed by atoms with E-state index in [1.807, 2.05) is 18.2 Å². The summed E-state index contributed by atoms with van der Waals surface area (Å²) in [7, 11) is 0. The molecule has 2 heterocycles. The molecule has 0 N–H and O–H groups in total. The number of pyridine rings is 2. The zero-order valence-electron chi connectivity index (χ0n) is 10.2. The molecule has 0 aliphatic carbocycles. The summed E-state index contributed by atoms with van der Waals surface area (Å²) in [5.41, 5.74) is 1.82. The summed E-state index contributed by atoms with van der Waals surface area (Å²) in [5.74, 6) is 0. The van der Waals surface area contributed by atoms with E-state index in [0.29, 0.717) is 0 Å². The molecule has 0 atom stereocenters. The third-order valence-corrected chi connectivity index (χ3v) is 9.14. The molecule has 0 bridgehead atoms. The summed E-state index contributed by atoms with van der Waals surface area (Å²) in [6.07, 6.45) is 3.54. The van der Waals surface area contributed by atoms with Crippen molar-refractivity contribution in [2.45, 2.75) is 14.8 Å². The van der Waals surface area contributed by atoms with Crippen LogP contribution in [0.15, 0.2) is 36.7 Å². The quantitative estimate of drug-likeness (QED) is 0.774. The van der Waals surface area contributed by atoms with Gasteiger partial charge in [0.05, 0.1) is 0 Å². The van der Waals surface area contributed by atoms with E-state index >= 15 is 0 Å². The van der Waals surface area contributed by atoms with Gasteiger partial charge < -0.3 is 0 Å². The molecule has 4 heteroatoms. The SMILES string of the molecule is [CH3][Sn]([CH3])([CH3])[c]1cc(-c2ccccn2)ncc1Cl. The second-order valence-electron chi connectivity index (χ2n) is 5.01. The van der Waals surface area contributed by atoms with Crippen LogP contribution in [0, 0.1) is 0 Å². The summed E-state index contributed by atoms with van der Waals surface area (Å²) in [5, 5.41) is 0.799. The summed E-state index contributed by atoms with van der Waals surface area (Å²) in [6.45, 7) is 0. The average Bonchev–Trinajstić information content (AvgIpc) is 2.29. The van der Waals surface area contributed by atoms with Crippen LogP contribution in [-0.4, -0.2) is 28.3 Å². The molecule has 2 rings (SSSR count). The van der Waals surface area contributed by atoms with Crippen molar-refractivity contribution in [1.82, 2.24) is 9.97 Å². The molecule has 0 aromatic carbocycles. The standard InChI is InChI=1S/C10H6ClN2.3CH3.Sn/c11-8-4-5-10(13-7-8)9-3-1-2-6-12-9;;;;/h1-3,5-7H;3*1H3;. The van der Waals surface area contributed by atoms with Gasteiger partial charge in [-0.15, -0.1) is 0 Å². The van der Waals surface area contributed by atoms with E-state index in [0.717, 1.165) is 16.4 Å².